The van der Waals surface area contributed by atoms with E-state index in [0.29, 0.717) is 19.4 Å². The molecule has 7 atom stereocenters. The maximum absolute atomic E-state index is 13.0. The first-order valence-corrected chi connectivity index (χ1v) is 15.0. The predicted octanol–water partition coefficient (Wildman–Crippen LogP) is -5.77. The first-order valence-electron chi connectivity index (χ1n) is 15.0. The van der Waals surface area contributed by atoms with Crippen molar-refractivity contribution in [1.82, 2.24) is 31.9 Å². The predicted molar refractivity (Wildman–Crippen MR) is 165 cm³/mol. The van der Waals surface area contributed by atoms with Crippen molar-refractivity contribution in [3.8, 4) is 0 Å². The van der Waals surface area contributed by atoms with Gasteiger partial charge < -0.3 is 64.4 Å². The van der Waals surface area contributed by atoms with E-state index in [-0.39, 0.29) is 19.3 Å². The van der Waals surface area contributed by atoms with Crippen molar-refractivity contribution in [2.45, 2.75) is 102 Å². The van der Waals surface area contributed by atoms with E-state index in [2.05, 4.69) is 26.6 Å². The Morgan fingerprint density at radius 1 is 0.688 bits per heavy atom. The molecule has 0 aromatic carbocycles. The Morgan fingerprint density at radius 3 is 1.77 bits per heavy atom. The van der Waals surface area contributed by atoms with Crippen molar-refractivity contribution in [2.75, 3.05) is 13.1 Å². The van der Waals surface area contributed by atoms with Gasteiger partial charge in [0.15, 0.2) is 6.04 Å². The molecule has 21 nitrogen and oxygen atoms in total. The van der Waals surface area contributed by atoms with E-state index >= 15 is 0 Å². The van der Waals surface area contributed by atoms with Crippen molar-refractivity contribution in [3.63, 3.8) is 0 Å². The number of carbonyl (C=O) groups excluding carboxylic acids is 7. The molecule has 0 bridgehead atoms. The summed E-state index contributed by atoms with van der Waals surface area (Å²) in [4.78, 5) is 109. The standard InChI is InChI=1S/C27H47N9O12/c1-12(23(43)36-21(14(3)37)27(47)48)32-19(39)11-31-25(45)17(10-18(30)38)35-22(42)13(2)33-26(46)16(6-4-5-9-28)34-24(44)15(29)7-8-20(40)41/h12-17,21,37H,4-11,28-29H2,1-3H3,(H2,30,38)(H,31,45)(H,32,39)(H,33,46)(H,34,44)(H,35,42)(H,36,43)(H,40,41)(H,47,48)/t12-,13-,14+,15-,16-,17-,21-/m0/s1. The molecule has 0 aromatic rings. The molecule has 0 aliphatic heterocycles. The van der Waals surface area contributed by atoms with Gasteiger partial charge in [0, 0.05) is 6.42 Å². The number of primary amides is 1. The lowest BCUT2D eigenvalue weighted by Gasteiger charge is -2.24. The zero-order valence-electron chi connectivity index (χ0n) is 26.9. The zero-order chi connectivity index (χ0) is 37.1. The van der Waals surface area contributed by atoms with Gasteiger partial charge in [0.05, 0.1) is 25.1 Å². The van der Waals surface area contributed by atoms with Crippen molar-refractivity contribution in [1.29, 1.82) is 0 Å². The van der Waals surface area contributed by atoms with E-state index < -0.39 is 109 Å². The lowest BCUT2D eigenvalue weighted by Crippen LogP contribution is -2.58. The van der Waals surface area contributed by atoms with E-state index in [1.54, 1.807) is 0 Å². The van der Waals surface area contributed by atoms with Crippen LogP contribution in [0.15, 0.2) is 0 Å². The molecule has 272 valence electrons. The number of aliphatic hydroxyl groups excluding tert-OH is 1. The van der Waals surface area contributed by atoms with Gasteiger partial charge in [0.25, 0.3) is 0 Å². The van der Waals surface area contributed by atoms with Gasteiger partial charge in [-0.2, -0.15) is 0 Å². The minimum atomic E-state index is -1.64. The molecule has 0 unspecified atom stereocenters. The summed E-state index contributed by atoms with van der Waals surface area (Å²) in [6.07, 6.45) is -1.70. The Labute approximate surface area is 275 Å². The number of aliphatic hydroxyl groups is 1. The summed E-state index contributed by atoms with van der Waals surface area (Å²) < 4.78 is 0. The molecular formula is C27H47N9O12. The minimum absolute atomic E-state index is 0.102. The number of hydrogen-bond donors (Lipinski definition) is 12. The highest BCUT2D eigenvalue weighted by atomic mass is 16.4. The fraction of sp³-hybridized carbons (Fsp3) is 0.667. The first-order chi connectivity index (χ1) is 22.3. The Kier molecular flexibility index (Phi) is 19.6. The molecule has 0 heterocycles. The second-order valence-corrected chi connectivity index (χ2v) is 10.9. The topological polar surface area (TPSA) is 365 Å². The number of carboxylic acids is 2. The average Bonchev–Trinajstić information content (AvgIpc) is 2.99. The molecule has 0 aliphatic carbocycles. The molecule has 0 fully saturated rings. The largest absolute Gasteiger partial charge is 0.481 e. The van der Waals surface area contributed by atoms with Crippen LogP contribution in [0.1, 0.15) is 59.3 Å². The summed E-state index contributed by atoms with van der Waals surface area (Å²) in [5, 5.41) is 40.8. The molecule has 0 spiro atoms. The zero-order valence-corrected chi connectivity index (χ0v) is 26.9. The van der Waals surface area contributed by atoms with Crippen LogP contribution in [-0.4, -0.2) is 124 Å². The summed E-state index contributed by atoms with van der Waals surface area (Å²) >= 11 is 0. The van der Waals surface area contributed by atoms with E-state index in [0.717, 1.165) is 6.92 Å². The molecule has 0 rings (SSSR count). The Hall–Kier alpha value is -4.89. The molecule has 15 N–H and O–H groups in total. The monoisotopic (exact) mass is 689 g/mol. The van der Waals surface area contributed by atoms with Crippen LogP contribution in [0.3, 0.4) is 0 Å². The number of aliphatic carboxylic acids is 2. The van der Waals surface area contributed by atoms with Crippen LogP contribution in [0, 0.1) is 0 Å². The van der Waals surface area contributed by atoms with Gasteiger partial charge in [-0.15, -0.1) is 0 Å². The first kappa shape index (κ1) is 43.1. The Bertz CT molecular complexity index is 1180. The number of unbranched alkanes of at least 4 members (excludes halogenated alkanes) is 1. The molecule has 0 aromatic heterocycles. The summed E-state index contributed by atoms with van der Waals surface area (Å²) in [5.74, 6) is -9.11. The minimum Gasteiger partial charge on any atom is -0.481 e. The van der Waals surface area contributed by atoms with Crippen LogP contribution in [0.5, 0.6) is 0 Å². The van der Waals surface area contributed by atoms with E-state index in [1.807, 2.05) is 5.32 Å². The lowest BCUT2D eigenvalue weighted by molar-refractivity contribution is -0.145. The normalized spacial score (nSPS) is 15.1. The molecule has 0 radical (unpaired) electrons. The summed E-state index contributed by atoms with van der Waals surface area (Å²) in [6, 6.07) is -8.25. The molecule has 21 heteroatoms. The molecular weight excluding hydrogens is 642 g/mol. The van der Waals surface area contributed by atoms with Crippen LogP contribution >= 0.6 is 0 Å². The molecule has 0 saturated carbocycles. The maximum atomic E-state index is 13.0. The average molecular weight is 690 g/mol. The maximum Gasteiger partial charge on any atom is 0.328 e. The SMILES string of the molecule is C[C@H](NC(=O)CNC(=O)[C@H](CC(N)=O)NC(=O)[C@H](C)NC(=O)[C@H](CCCCN)NC(=O)[C@@H](N)CCC(=O)O)C(=O)N[C@H](C(=O)O)[C@@H](C)O. The highest BCUT2D eigenvalue weighted by Gasteiger charge is 2.30. The van der Waals surface area contributed by atoms with Crippen molar-refractivity contribution in [3.05, 3.63) is 0 Å². The van der Waals surface area contributed by atoms with Gasteiger partial charge in [-0.3, -0.25) is 38.4 Å². The highest BCUT2D eigenvalue weighted by molar-refractivity contribution is 5.97. The number of carbonyl (C=O) groups is 9. The summed E-state index contributed by atoms with van der Waals surface area (Å²) in [7, 11) is 0. The van der Waals surface area contributed by atoms with E-state index in [9.17, 15) is 48.3 Å². The summed E-state index contributed by atoms with van der Waals surface area (Å²) in [5.41, 5.74) is 16.4. The highest BCUT2D eigenvalue weighted by Crippen LogP contribution is 2.04. The van der Waals surface area contributed by atoms with Crippen LogP contribution in [0.2, 0.25) is 0 Å². The number of rotatable bonds is 23. The van der Waals surface area contributed by atoms with Crippen molar-refractivity contribution >= 4 is 53.3 Å². The molecule has 7 amide bonds. The van der Waals surface area contributed by atoms with E-state index in [4.69, 9.17) is 27.4 Å². The van der Waals surface area contributed by atoms with Crippen LogP contribution in [0.25, 0.3) is 0 Å². The van der Waals surface area contributed by atoms with Gasteiger partial charge >= 0.3 is 11.9 Å². The summed E-state index contributed by atoms with van der Waals surface area (Å²) in [6.45, 7) is 3.15. The fourth-order valence-corrected chi connectivity index (χ4v) is 3.85. The number of amides is 7. The van der Waals surface area contributed by atoms with Crippen molar-refractivity contribution < 1.29 is 58.5 Å². The van der Waals surface area contributed by atoms with Crippen molar-refractivity contribution in [2.24, 2.45) is 17.2 Å². The Balaban J connectivity index is 5.33. The van der Waals surface area contributed by atoms with Crippen LogP contribution < -0.4 is 49.1 Å². The smallest absolute Gasteiger partial charge is 0.328 e. The number of carboxylic acid groups (broad SMARTS) is 2. The second kappa shape index (κ2) is 21.8. The number of hydrogen-bond acceptors (Lipinski definition) is 12. The molecule has 0 aliphatic rings. The van der Waals surface area contributed by atoms with Gasteiger partial charge in [0.1, 0.15) is 24.2 Å². The fourth-order valence-electron chi connectivity index (χ4n) is 3.85. The Morgan fingerprint density at radius 2 is 1.25 bits per heavy atom. The molecule has 0 saturated heterocycles. The number of nitrogens with two attached hydrogens (primary N) is 3. The van der Waals surface area contributed by atoms with Gasteiger partial charge in [-0.1, -0.05) is 0 Å². The van der Waals surface area contributed by atoms with Gasteiger partial charge in [0.2, 0.25) is 41.4 Å². The third kappa shape index (κ3) is 17.1. The third-order valence-electron chi connectivity index (χ3n) is 6.62. The van der Waals surface area contributed by atoms with Crippen LogP contribution in [-0.2, 0) is 43.2 Å². The van der Waals surface area contributed by atoms with E-state index in [1.165, 1.54) is 13.8 Å². The quantitative estimate of drug-likeness (QED) is 0.0445. The third-order valence-corrected chi connectivity index (χ3v) is 6.62. The second-order valence-electron chi connectivity index (χ2n) is 10.9. The molecule has 48 heavy (non-hydrogen) atoms. The van der Waals surface area contributed by atoms with Crippen LogP contribution in [0.4, 0.5) is 0 Å². The van der Waals surface area contributed by atoms with Gasteiger partial charge in [-0.05, 0) is 53.0 Å². The lowest BCUT2D eigenvalue weighted by atomic mass is 10.1. The number of nitrogens with one attached hydrogen (secondary N) is 6. The van der Waals surface area contributed by atoms with Gasteiger partial charge in [-0.25, -0.2) is 4.79 Å².